The van der Waals surface area contributed by atoms with E-state index in [0.717, 1.165) is 42.7 Å². The third kappa shape index (κ3) is 4.36. The first-order valence-corrected chi connectivity index (χ1v) is 11.5. The molecule has 0 saturated heterocycles. The SMILES string of the molecule is COc1ccc(Br)c(-c2ccccc2C(=O)c2ccccc2-c2cc(OC)ccc2Br)c1. The lowest BCUT2D eigenvalue weighted by Gasteiger charge is -2.15. The van der Waals surface area contributed by atoms with Gasteiger partial charge in [-0.1, -0.05) is 80.4 Å². The molecule has 0 heterocycles. The van der Waals surface area contributed by atoms with E-state index in [2.05, 4.69) is 31.9 Å². The summed E-state index contributed by atoms with van der Waals surface area (Å²) in [7, 11) is 3.26. The fraction of sp³-hybridized carbons (Fsp3) is 0.0741. The molecule has 0 aromatic heterocycles. The molecule has 0 spiro atoms. The van der Waals surface area contributed by atoms with Gasteiger partial charge in [0.15, 0.2) is 5.78 Å². The van der Waals surface area contributed by atoms with Gasteiger partial charge in [-0.25, -0.2) is 0 Å². The van der Waals surface area contributed by atoms with Gasteiger partial charge in [0.1, 0.15) is 11.5 Å². The van der Waals surface area contributed by atoms with Gasteiger partial charge in [-0.15, -0.1) is 0 Å². The lowest BCUT2D eigenvalue weighted by molar-refractivity contribution is 0.104. The number of benzene rings is 4. The van der Waals surface area contributed by atoms with Crippen LogP contribution in [-0.2, 0) is 0 Å². The van der Waals surface area contributed by atoms with Crippen molar-refractivity contribution in [2.45, 2.75) is 0 Å². The van der Waals surface area contributed by atoms with Crippen LogP contribution in [0.1, 0.15) is 15.9 Å². The van der Waals surface area contributed by atoms with Crippen LogP contribution in [0.3, 0.4) is 0 Å². The molecule has 4 aromatic carbocycles. The number of ketones is 1. The Morgan fingerprint density at radius 1 is 0.594 bits per heavy atom. The van der Waals surface area contributed by atoms with Crippen molar-refractivity contribution in [3.05, 3.63) is 105 Å². The molecular formula is C27H20Br2O3. The molecule has 3 nitrogen and oxygen atoms in total. The van der Waals surface area contributed by atoms with Crippen LogP contribution in [0.15, 0.2) is 93.9 Å². The lowest BCUT2D eigenvalue weighted by atomic mass is 9.90. The highest BCUT2D eigenvalue weighted by Gasteiger charge is 2.20. The van der Waals surface area contributed by atoms with Crippen molar-refractivity contribution >= 4 is 37.6 Å². The molecule has 0 N–H and O–H groups in total. The number of hydrogen-bond acceptors (Lipinski definition) is 3. The summed E-state index contributed by atoms with van der Waals surface area (Å²) in [5.41, 5.74) is 4.70. The minimum atomic E-state index is -0.0550. The highest BCUT2D eigenvalue weighted by molar-refractivity contribution is 9.11. The summed E-state index contributed by atoms with van der Waals surface area (Å²) < 4.78 is 12.6. The standard InChI is InChI=1S/C27H20Br2O3/c1-31-17-11-13-25(28)23(15-17)19-7-3-5-9-21(19)27(30)22-10-6-4-8-20(22)24-16-18(32-2)12-14-26(24)29/h3-16H,1-2H3. The molecular weight excluding hydrogens is 532 g/mol. The zero-order chi connectivity index (χ0) is 22.7. The lowest BCUT2D eigenvalue weighted by Crippen LogP contribution is -2.06. The molecule has 0 unspecified atom stereocenters. The smallest absolute Gasteiger partial charge is 0.194 e. The molecule has 0 aliphatic carbocycles. The Labute approximate surface area is 204 Å². The van der Waals surface area contributed by atoms with E-state index in [-0.39, 0.29) is 5.78 Å². The number of carbonyl (C=O) groups is 1. The maximum Gasteiger partial charge on any atom is 0.194 e. The van der Waals surface area contributed by atoms with Crippen LogP contribution in [0.5, 0.6) is 11.5 Å². The Balaban J connectivity index is 1.87. The summed E-state index contributed by atoms with van der Waals surface area (Å²) in [5, 5.41) is 0. The second-order valence-electron chi connectivity index (χ2n) is 7.11. The van der Waals surface area contributed by atoms with Gasteiger partial charge in [0, 0.05) is 31.2 Å². The van der Waals surface area contributed by atoms with Gasteiger partial charge in [-0.2, -0.15) is 0 Å². The number of rotatable bonds is 6. The quantitative estimate of drug-likeness (QED) is 0.229. The van der Waals surface area contributed by atoms with E-state index in [1.54, 1.807) is 14.2 Å². The Kier molecular flexibility index (Phi) is 6.77. The molecule has 0 radical (unpaired) electrons. The highest BCUT2D eigenvalue weighted by Crippen LogP contribution is 2.38. The maximum atomic E-state index is 13.9. The number of halogens is 2. The van der Waals surface area contributed by atoms with E-state index in [0.29, 0.717) is 11.1 Å². The first-order chi connectivity index (χ1) is 15.5. The summed E-state index contributed by atoms with van der Waals surface area (Å²) in [4.78, 5) is 13.9. The number of methoxy groups -OCH3 is 2. The van der Waals surface area contributed by atoms with Gasteiger partial charge in [-0.3, -0.25) is 4.79 Å². The van der Waals surface area contributed by atoms with E-state index >= 15 is 0 Å². The molecule has 32 heavy (non-hydrogen) atoms. The molecule has 0 fully saturated rings. The van der Waals surface area contributed by atoms with Crippen molar-refractivity contribution in [2.24, 2.45) is 0 Å². The van der Waals surface area contributed by atoms with E-state index < -0.39 is 0 Å². The van der Waals surface area contributed by atoms with E-state index in [1.165, 1.54) is 0 Å². The summed E-state index contributed by atoms with van der Waals surface area (Å²) in [5.74, 6) is 1.40. The molecule has 0 amide bonds. The van der Waals surface area contributed by atoms with Gasteiger partial charge >= 0.3 is 0 Å². The number of hydrogen-bond donors (Lipinski definition) is 0. The van der Waals surface area contributed by atoms with Gasteiger partial charge in [0.2, 0.25) is 0 Å². The molecule has 0 atom stereocenters. The molecule has 0 aliphatic heterocycles. The predicted octanol–water partition coefficient (Wildman–Crippen LogP) is 7.79. The topological polar surface area (TPSA) is 35.5 Å². The minimum Gasteiger partial charge on any atom is -0.497 e. The molecule has 0 bridgehead atoms. The van der Waals surface area contributed by atoms with Crippen molar-refractivity contribution in [2.75, 3.05) is 14.2 Å². The zero-order valence-corrected chi connectivity index (χ0v) is 20.7. The molecule has 160 valence electrons. The molecule has 0 aliphatic rings. The van der Waals surface area contributed by atoms with E-state index in [4.69, 9.17) is 9.47 Å². The second kappa shape index (κ2) is 9.72. The largest absolute Gasteiger partial charge is 0.497 e. The molecule has 0 saturated carbocycles. The summed E-state index contributed by atoms with van der Waals surface area (Å²) >= 11 is 7.25. The van der Waals surface area contributed by atoms with Crippen LogP contribution in [0, 0.1) is 0 Å². The van der Waals surface area contributed by atoms with Crippen LogP contribution < -0.4 is 9.47 Å². The molecule has 4 aromatic rings. The normalized spacial score (nSPS) is 10.6. The monoisotopic (exact) mass is 550 g/mol. The maximum absolute atomic E-state index is 13.9. The van der Waals surface area contributed by atoms with Crippen LogP contribution >= 0.6 is 31.9 Å². The van der Waals surface area contributed by atoms with Crippen LogP contribution in [0.4, 0.5) is 0 Å². The first kappa shape index (κ1) is 22.3. The Hall–Kier alpha value is -2.89. The average Bonchev–Trinajstić information content (AvgIpc) is 2.84. The van der Waals surface area contributed by atoms with Gasteiger partial charge in [0.25, 0.3) is 0 Å². The minimum absolute atomic E-state index is 0.0550. The van der Waals surface area contributed by atoms with Crippen molar-refractivity contribution < 1.29 is 14.3 Å². The summed E-state index contributed by atoms with van der Waals surface area (Å²) in [6.07, 6.45) is 0. The Morgan fingerprint density at radius 2 is 1.00 bits per heavy atom. The second-order valence-corrected chi connectivity index (χ2v) is 8.82. The Bertz CT molecular complexity index is 1200. The molecule has 5 heteroatoms. The number of ether oxygens (including phenoxy) is 2. The summed E-state index contributed by atoms with van der Waals surface area (Å²) in [6, 6.07) is 26.8. The van der Waals surface area contributed by atoms with Crippen LogP contribution in [0.2, 0.25) is 0 Å². The van der Waals surface area contributed by atoms with Gasteiger partial charge in [0.05, 0.1) is 14.2 Å². The highest BCUT2D eigenvalue weighted by atomic mass is 79.9. The van der Waals surface area contributed by atoms with Gasteiger partial charge in [-0.05, 0) is 47.5 Å². The van der Waals surface area contributed by atoms with Crippen molar-refractivity contribution in [1.29, 1.82) is 0 Å². The average molecular weight is 552 g/mol. The Morgan fingerprint density at radius 3 is 1.41 bits per heavy atom. The van der Waals surface area contributed by atoms with Crippen molar-refractivity contribution in [3.63, 3.8) is 0 Å². The van der Waals surface area contributed by atoms with Crippen LogP contribution in [0.25, 0.3) is 22.3 Å². The van der Waals surface area contributed by atoms with Gasteiger partial charge < -0.3 is 9.47 Å². The van der Waals surface area contributed by atoms with Crippen LogP contribution in [-0.4, -0.2) is 20.0 Å². The molecule has 4 rings (SSSR count). The zero-order valence-electron chi connectivity index (χ0n) is 17.6. The first-order valence-electron chi connectivity index (χ1n) is 9.94. The predicted molar refractivity (Wildman–Crippen MR) is 136 cm³/mol. The van der Waals surface area contributed by atoms with E-state index in [9.17, 15) is 4.79 Å². The van der Waals surface area contributed by atoms with E-state index in [1.807, 2.05) is 84.9 Å². The van der Waals surface area contributed by atoms with Crippen molar-refractivity contribution in [1.82, 2.24) is 0 Å². The number of carbonyl (C=O) groups excluding carboxylic acids is 1. The summed E-state index contributed by atoms with van der Waals surface area (Å²) in [6.45, 7) is 0. The fourth-order valence-electron chi connectivity index (χ4n) is 3.65. The third-order valence-corrected chi connectivity index (χ3v) is 6.65. The van der Waals surface area contributed by atoms with Crippen molar-refractivity contribution in [3.8, 4) is 33.8 Å². The third-order valence-electron chi connectivity index (χ3n) is 5.27. The fourth-order valence-corrected chi connectivity index (χ4v) is 4.57.